The second-order valence-corrected chi connectivity index (χ2v) is 5.07. The van der Waals surface area contributed by atoms with Gasteiger partial charge >= 0.3 is 0 Å². The van der Waals surface area contributed by atoms with Crippen LogP contribution in [0, 0.1) is 6.92 Å². The minimum atomic E-state index is -0.107. The van der Waals surface area contributed by atoms with Crippen LogP contribution in [0.15, 0.2) is 34.4 Å². The van der Waals surface area contributed by atoms with Crippen molar-refractivity contribution in [2.75, 3.05) is 7.11 Å². The van der Waals surface area contributed by atoms with E-state index in [1.807, 2.05) is 36.6 Å². The number of nitrogens with one attached hydrogen (secondary N) is 1. The molecule has 1 aromatic carbocycles. The number of benzene rings is 1. The van der Waals surface area contributed by atoms with Crippen molar-refractivity contribution in [1.29, 1.82) is 0 Å². The predicted molar refractivity (Wildman–Crippen MR) is 77.0 cm³/mol. The molecule has 0 bridgehead atoms. The largest absolute Gasteiger partial charge is 0.496 e. The molecule has 0 amide bonds. The minimum absolute atomic E-state index is 0.107. The molecule has 5 heteroatoms. The molecule has 1 N–H and O–H groups in total. The molecule has 0 radical (unpaired) electrons. The molecule has 0 saturated heterocycles. The third kappa shape index (κ3) is 1.92. The minimum Gasteiger partial charge on any atom is -0.496 e. The van der Waals surface area contributed by atoms with Gasteiger partial charge in [0.1, 0.15) is 16.4 Å². The zero-order valence-electron chi connectivity index (χ0n) is 10.6. The Labute approximate surface area is 113 Å². The zero-order chi connectivity index (χ0) is 13.4. The zero-order valence-corrected chi connectivity index (χ0v) is 11.4. The highest BCUT2D eigenvalue weighted by Crippen LogP contribution is 2.28. The molecule has 4 nitrogen and oxygen atoms in total. The maximum atomic E-state index is 12.1. The molecule has 3 aromatic rings. The molecule has 0 atom stereocenters. The van der Waals surface area contributed by atoms with Gasteiger partial charge in [-0.2, -0.15) is 0 Å². The van der Waals surface area contributed by atoms with Crippen LogP contribution in [0.2, 0.25) is 0 Å². The van der Waals surface area contributed by atoms with Gasteiger partial charge in [0.15, 0.2) is 0 Å². The van der Waals surface area contributed by atoms with E-state index in [0.29, 0.717) is 17.0 Å². The first kappa shape index (κ1) is 11.9. The lowest BCUT2D eigenvalue weighted by Gasteiger charge is -2.07. The number of para-hydroxylation sites is 1. The Morgan fingerprint density at radius 2 is 2.11 bits per heavy atom. The lowest BCUT2D eigenvalue weighted by molar-refractivity contribution is 0.416. The Morgan fingerprint density at radius 3 is 2.89 bits per heavy atom. The van der Waals surface area contributed by atoms with E-state index in [-0.39, 0.29) is 5.56 Å². The first-order chi connectivity index (χ1) is 9.20. The number of hydrogen-bond donors (Lipinski definition) is 1. The van der Waals surface area contributed by atoms with E-state index in [2.05, 4.69) is 9.97 Å². The normalized spacial score (nSPS) is 10.8. The van der Waals surface area contributed by atoms with Gasteiger partial charge in [-0.05, 0) is 30.0 Å². The number of fused-ring (bicyclic) bond motifs is 1. The molecule has 0 aliphatic rings. The fourth-order valence-electron chi connectivity index (χ4n) is 2.06. The molecule has 19 heavy (non-hydrogen) atoms. The summed E-state index contributed by atoms with van der Waals surface area (Å²) in [4.78, 5) is 20.2. The summed E-state index contributed by atoms with van der Waals surface area (Å²) in [6, 6.07) is 7.50. The van der Waals surface area contributed by atoms with Crippen LogP contribution < -0.4 is 10.3 Å². The van der Waals surface area contributed by atoms with Crippen molar-refractivity contribution in [2.45, 2.75) is 6.92 Å². The highest BCUT2D eigenvalue weighted by Gasteiger charge is 2.12. The van der Waals surface area contributed by atoms with E-state index >= 15 is 0 Å². The number of methoxy groups -OCH3 is 1. The summed E-state index contributed by atoms with van der Waals surface area (Å²) in [6.45, 7) is 1.92. The van der Waals surface area contributed by atoms with Gasteiger partial charge in [0, 0.05) is 0 Å². The Balaban J connectivity index is 2.29. The van der Waals surface area contributed by atoms with Gasteiger partial charge in [-0.3, -0.25) is 4.79 Å². The van der Waals surface area contributed by atoms with Crippen LogP contribution in [-0.4, -0.2) is 17.1 Å². The molecule has 96 valence electrons. The van der Waals surface area contributed by atoms with Crippen molar-refractivity contribution in [3.8, 4) is 17.1 Å². The van der Waals surface area contributed by atoms with E-state index in [9.17, 15) is 4.79 Å². The number of aromatic amines is 1. The summed E-state index contributed by atoms with van der Waals surface area (Å²) in [7, 11) is 1.60. The lowest BCUT2D eigenvalue weighted by atomic mass is 10.2. The number of aromatic nitrogens is 2. The molecule has 0 aliphatic carbocycles. The van der Waals surface area contributed by atoms with E-state index in [1.165, 1.54) is 11.3 Å². The number of rotatable bonds is 2. The van der Waals surface area contributed by atoms with E-state index < -0.39 is 0 Å². The summed E-state index contributed by atoms with van der Waals surface area (Å²) < 4.78 is 5.30. The second kappa shape index (κ2) is 4.51. The number of ether oxygens (including phenoxy) is 1. The number of aryl methyl sites for hydroxylation is 1. The van der Waals surface area contributed by atoms with Crippen LogP contribution in [-0.2, 0) is 0 Å². The highest BCUT2D eigenvalue weighted by atomic mass is 32.1. The van der Waals surface area contributed by atoms with Crippen LogP contribution in [0.4, 0.5) is 0 Å². The van der Waals surface area contributed by atoms with Gasteiger partial charge in [0.25, 0.3) is 5.56 Å². The Bertz CT molecular complexity index is 805. The fraction of sp³-hybridized carbons (Fsp3) is 0.143. The maximum absolute atomic E-state index is 12.1. The SMILES string of the molecule is COc1ccccc1-c1nc2scc(C)c2c(=O)[nH]1. The van der Waals surface area contributed by atoms with Crippen molar-refractivity contribution in [2.24, 2.45) is 0 Å². The van der Waals surface area contributed by atoms with Gasteiger partial charge < -0.3 is 9.72 Å². The van der Waals surface area contributed by atoms with Gasteiger partial charge in [-0.15, -0.1) is 11.3 Å². The average Bonchev–Trinajstić information content (AvgIpc) is 2.80. The average molecular weight is 272 g/mol. The summed E-state index contributed by atoms with van der Waals surface area (Å²) in [6.07, 6.45) is 0. The van der Waals surface area contributed by atoms with Crippen LogP contribution in [0.5, 0.6) is 5.75 Å². The molecule has 0 fully saturated rings. The van der Waals surface area contributed by atoms with Gasteiger partial charge in [-0.25, -0.2) is 4.98 Å². The predicted octanol–water partition coefficient (Wildman–Crippen LogP) is 2.97. The molecular weight excluding hydrogens is 260 g/mol. The quantitative estimate of drug-likeness (QED) is 0.780. The fourth-order valence-corrected chi connectivity index (χ4v) is 2.98. The topological polar surface area (TPSA) is 55.0 Å². The third-order valence-electron chi connectivity index (χ3n) is 2.99. The Morgan fingerprint density at radius 1 is 1.32 bits per heavy atom. The molecule has 2 heterocycles. The van der Waals surface area contributed by atoms with E-state index in [1.54, 1.807) is 7.11 Å². The highest BCUT2D eigenvalue weighted by molar-refractivity contribution is 7.16. The number of nitrogens with zero attached hydrogens (tertiary/aromatic N) is 1. The number of hydrogen-bond acceptors (Lipinski definition) is 4. The Hall–Kier alpha value is -2.14. The second-order valence-electron chi connectivity index (χ2n) is 4.21. The van der Waals surface area contributed by atoms with Gasteiger partial charge in [0.05, 0.1) is 18.1 Å². The van der Waals surface area contributed by atoms with Crippen LogP contribution in [0.25, 0.3) is 21.6 Å². The van der Waals surface area contributed by atoms with E-state index in [0.717, 1.165) is 16.0 Å². The Kier molecular flexibility index (Phi) is 2.83. The summed E-state index contributed by atoms with van der Waals surface area (Å²) >= 11 is 1.48. The van der Waals surface area contributed by atoms with Crippen molar-refractivity contribution < 1.29 is 4.74 Å². The van der Waals surface area contributed by atoms with Crippen molar-refractivity contribution in [3.05, 3.63) is 45.6 Å². The third-order valence-corrected chi connectivity index (χ3v) is 3.98. The molecule has 0 unspecified atom stereocenters. The van der Waals surface area contributed by atoms with Gasteiger partial charge in [0.2, 0.25) is 0 Å². The van der Waals surface area contributed by atoms with Crippen LogP contribution in [0.3, 0.4) is 0 Å². The molecule has 0 aliphatic heterocycles. The first-order valence-electron chi connectivity index (χ1n) is 5.82. The smallest absolute Gasteiger partial charge is 0.260 e. The monoisotopic (exact) mass is 272 g/mol. The summed E-state index contributed by atoms with van der Waals surface area (Å²) in [5.41, 5.74) is 1.64. The molecule has 2 aromatic heterocycles. The van der Waals surface area contributed by atoms with Crippen molar-refractivity contribution >= 4 is 21.6 Å². The van der Waals surface area contributed by atoms with Crippen LogP contribution >= 0.6 is 11.3 Å². The summed E-state index contributed by atoms with van der Waals surface area (Å²) in [5.74, 6) is 1.23. The van der Waals surface area contributed by atoms with Crippen molar-refractivity contribution in [1.82, 2.24) is 9.97 Å². The summed E-state index contributed by atoms with van der Waals surface area (Å²) in [5, 5.41) is 2.61. The number of thiophene rings is 1. The lowest BCUT2D eigenvalue weighted by Crippen LogP contribution is -2.09. The molecular formula is C14H12N2O2S. The van der Waals surface area contributed by atoms with Crippen molar-refractivity contribution in [3.63, 3.8) is 0 Å². The first-order valence-corrected chi connectivity index (χ1v) is 6.70. The standard InChI is InChI=1S/C14H12N2O2S/c1-8-7-19-14-11(8)13(17)15-12(16-14)9-5-3-4-6-10(9)18-2/h3-7H,1-2H3,(H,15,16,17). The molecule has 0 spiro atoms. The molecule has 0 saturated carbocycles. The van der Waals surface area contributed by atoms with Crippen LogP contribution in [0.1, 0.15) is 5.56 Å². The maximum Gasteiger partial charge on any atom is 0.260 e. The number of H-pyrrole nitrogens is 1. The van der Waals surface area contributed by atoms with E-state index in [4.69, 9.17) is 4.74 Å². The van der Waals surface area contributed by atoms with Gasteiger partial charge in [-0.1, -0.05) is 12.1 Å². The molecule has 3 rings (SSSR count).